The van der Waals surface area contributed by atoms with Gasteiger partial charge in [0.05, 0.1) is 18.8 Å². The molecule has 0 radical (unpaired) electrons. The van der Waals surface area contributed by atoms with Gasteiger partial charge in [-0.25, -0.2) is 0 Å². The Labute approximate surface area is 195 Å². The van der Waals surface area contributed by atoms with E-state index in [2.05, 4.69) is 10.4 Å². The van der Waals surface area contributed by atoms with Gasteiger partial charge in [-0.15, -0.1) is 17.5 Å². The summed E-state index contributed by atoms with van der Waals surface area (Å²) in [6, 6.07) is 0.0289. The Morgan fingerprint density at radius 1 is 1.21 bits per heavy atom. The number of morpholine rings is 1. The van der Waals surface area contributed by atoms with E-state index in [9.17, 15) is 19.5 Å². The molecule has 2 amide bonds. The second-order valence-electron chi connectivity index (χ2n) is 8.61. The zero-order valence-electron chi connectivity index (χ0n) is 18.0. The molecular weight excluding hydrogens is 452 g/mol. The van der Waals surface area contributed by atoms with Crippen LogP contribution < -0.4 is 16.6 Å². The highest BCUT2D eigenvalue weighted by molar-refractivity contribution is 5.97. The molecule has 0 atom stereocenters. The number of aromatic hydroxyl groups is 1. The van der Waals surface area contributed by atoms with Gasteiger partial charge in [0.15, 0.2) is 17.0 Å². The van der Waals surface area contributed by atoms with Gasteiger partial charge in [-0.2, -0.15) is 4.52 Å². The van der Waals surface area contributed by atoms with Gasteiger partial charge in [0.1, 0.15) is 0 Å². The maximum atomic E-state index is 13.3. The third kappa shape index (κ3) is 4.55. The number of ether oxygens (including phenoxy) is 1. The van der Waals surface area contributed by atoms with Crippen LogP contribution in [0.4, 0.5) is 5.82 Å². The molecule has 2 saturated carbocycles. The van der Waals surface area contributed by atoms with Crippen LogP contribution in [0.5, 0.6) is 5.88 Å². The van der Waals surface area contributed by atoms with Crippen molar-refractivity contribution in [3.63, 3.8) is 0 Å². The lowest BCUT2D eigenvalue weighted by Gasteiger charge is -2.25. The van der Waals surface area contributed by atoms with Crippen LogP contribution in [0.2, 0.25) is 0 Å². The third-order valence-electron chi connectivity index (χ3n) is 6.06. The Hall–Kier alpha value is -3.05. The smallest absolute Gasteiger partial charge is 0.270 e. The molecule has 3 fully saturated rings. The molecule has 3 aliphatic rings. The number of nitrogens with zero attached hydrogens (tertiary/aromatic N) is 4. The minimum Gasteiger partial charge on any atom is -0.492 e. The number of hydrogen-bond donors (Lipinski definition) is 3. The first-order valence-corrected chi connectivity index (χ1v) is 10.9. The number of carbonyl (C=O) groups excluding carboxylic acids is 2. The van der Waals surface area contributed by atoms with Gasteiger partial charge >= 0.3 is 0 Å². The number of anilines is 1. The number of nitrogen functional groups attached to an aromatic ring is 1. The second-order valence-corrected chi connectivity index (χ2v) is 8.61. The van der Waals surface area contributed by atoms with Crippen LogP contribution in [0, 0.1) is 5.92 Å². The molecule has 0 spiro atoms. The molecule has 0 aromatic carbocycles. The molecular formula is C21H27ClN6O5. The first-order valence-electron chi connectivity index (χ1n) is 10.9. The first kappa shape index (κ1) is 23.1. The molecule has 4 N–H and O–H groups in total. The van der Waals surface area contributed by atoms with Crippen LogP contribution >= 0.6 is 12.4 Å². The fourth-order valence-corrected chi connectivity index (χ4v) is 3.89. The Balaban J connectivity index is 0.00000259. The summed E-state index contributed by atoms with van der Waals surface area (Å²) >= 11 is 0. The van der Waals surface area contributed by atoms with Gasteiger partial charge in [0, 0.05) is 31.8 Å². The molecule has 0 bridgehead atoms. The highest BCUT2D eigenvalue weighted by Gasteiger charge is 2.32. The van der Waals surface area contributed by atoms with E-state index in [1.807, 2.05) is 0 Å². The number of hydrogen-bond acceptors (Lipinski definition) is 7. The van der Waals surface area contributed by atoms with Crippen LogP contribution in [-0.4, -0.2) is 68.3 Å². The Morgan fingerprint density at radius 2 is 1.91 bits per heavy atom. The summed E-state index contributed by atoms with van der Waals surface area (Å²) in [6.45, 7) is 2.35. The number of nitrogens with one attached hydrogen (secondary N) is 1. The monoisotopic (exact) mass is 478 g/mol. The van der Waals surface area contributed by atoms with Crippen LogP contribution in [0.15, 0.2) is 10.9 Å². The Kier molecular flexibility index (Phi) is 6.35. The fourth-order valence-electron chi connectivity index (χ4n) is 3.89. The van der Waals surface area contributed by atoms with E-state index in [1.54, 1.807) is 4.90 Å². The molecule has 0 unspecified atom stereocenters. The standard InChI is InChI=1S/C21H26N6O5.ClH/c22-17-14(5-6-15(28)25-7-9-32-10-8-25)19-26(11-12-1-2-12)20(30)16(21(31)27(19)24-17)18(29)23-13-3-4-13;/h5-6,12-13,31H,1-4,7-11H2,(H2,22,24)(H,23,29);1H. The lowest BCUT2D eigenvalue weighted by atomic mass is 10.2. The minimum atomic E-state index is -0.616. The van der Waals surface area contributed by atoms with E-state index in [4.69, 9.17) is 10.5 Å². The average molecular weight is 479 g/mol. The molecule has 1 aliphatic heterocycles. The summed E-state index contributed by atoms with van der Waals surface area (Å²) in [5, 5.41) is 17.7. The molecule has 5 rings (SSSR count). The summed E-state index contributed by atoms with van der Waals surface area (Å²) in [4.78, 5) is 40.2. The van der Waals surface area contributed by atoms with Crippen molar-refractivity contribution in [2.45, 2.75) is 38.3 Å². The van der Waals surface area contributed by atoms with Gasteiger partial charge in [-0.3, -0.25) is 19.0 Å². The lowest BCUT2D eigenvalue weighted by Crippen LogP contribution is -2.39. The predicted octanol–water partition coefficient (Wildman–Crippen LogP) is 0.380. The van der Waals surface area contributed by atoms with Gasteiger partial charge in [-0.1, -0.05) is 0 Å². The molecule has 178 valence electrons. The molecule has 2 aromatic rings. The number of aromatic nitrogens is 3. The van der Waals surface area contributed by atoms with Gasteiger partial charge < -0.3 is 25.8 Å². The summed E-state index contributed by atoms with van der Waals surface area (Å²) in [7, 11) is 0. The largest absolute Gasteiger partial charge is 0.492 e. The SMILES string of the molecule is Cl.Nc1nn2c(O)c(C(=O)NC3CC3)c(=O)n(CC3CC3)c2c1C=CC(=O)N1CCOCC1. The van der Waals surface area contributed by atoms with E-state index >= 15 is 0 Å². The van der Waals surface area contributed by atoms with E-state index in [0.717, 1.165) is 30.2 Å². The molecule has 33 heavy (non-hydrogen) atoms. The number of halogens is 1. The molecule has 2 aliphatic carbocycles. The van der Waals surface area contributed by atoms with Crippen LogP contribution in [0.3, 0.4) is 0 Å². The summed E-state index contributed by atoms with van der Waals surface area (Å²) < 4.78 is 7.84. The van der Waals surface area contributed by atoms with E-state index in [1.165, 1.54) is 16.7 Å². The lowest BCUT2D eigenvalue weighted by molar-refractivity contribution is -0.129. The maximum absolute atomic E-state index is 13.3. The zero-order valence-corrected chi connectivity index (χ0v) is 18.8. The highest BCUT2D eigenvalue weighted by atomic mass is 35.5. The van der Waals surface area contributed by atoms with Gasteiger partial charge in [0.2, 0.25) is 11.8 Å². The second kappa shape index (κ2) is 9.06. The topological polar surface area (TPSA) is 144 Å². The van der Waals surface area contributed by atoms with Crippen molar-refractivity contribution in [1.82, 2.24) is 24.4 Å². The maximum Gasteiger partial charge on any atom is 0.270 e. The summed E-state index contributed by atoms with van der Waals surface area (Å²) in [5.41, 5.74) is 5.81. The quantitative estimate of drug-likeness (QED) is 0.509. The zero-order chi connectivity index (χ0) is 22.4. The van der Waals surface area contributed by atoms with Gasteiger partial charge in [-0.05, 0) is 37.7 Å². The van der Waals surface area contributed by atoms with Crippen molar-refractivity contribution in [3.8, 4) is 5.88 Å². The number of nitrogens with two attached hydrogens (primary N) is 1. The number of amides is 2. The third-order valence-corrected chi connectivity index (χ3v) is 6.06. The average Bonchev–Trinajstić information content (AvgIpc) is 3.71. The molecule has 2 aromatic heterocycles. The number of carbonyl (C=O) groups is 2. The number of fused-ring (bicyclic) bond motifs is 1. The van der Waals surface area contributed by atoms with Crippen LogP contribution in [-0.2, 0) is 16.1 Å². The predicted molar refractivity (Wildman–Crippen MR) is 122 cm³/mol. The molecule has 12 heteroatoms. The Bertz CT molecular complexity index is 1170. The number of rotatable bonds is 6. The van der Waals surface area contributed by atoms with Crippen molar-refractivity contribution < 1.29 is 19.4 Å². The van der Waals surface area contributed by atoms with E-state index in [-0.39, 0.29) is 41.4 Å². The van der Waals surface area contributed by atoms with Crippen molar-refractivity contribution in [1.29, 1.82) is 0 Å². The normalized spacial score (nSPS) is 18.5. The fraction of sp³-hybridized carbons (Fsp3) is 0.524. The molecule has 11 nitrogen and oxygen atoms in total. The van der Waals surface area contributed by atoms with Crippen molar-refractivity contribution in [2.75, 3.05) is 32.0 Å². The summed E-state index contributed by atoms with van der Waals surface area (Å²) in [6.07, 6.45) is 6.57. The van der Waals surface area contributed by atoms with Crippen LogP contribution in [0.25, 0.3) is 11.7 Å². The first-order chi connectivity index (χ1) is 15.4. The van der Waals surface area contributed by atoms with Crippen molar-refractivity contribution in [2.24, 2.45) is 5.92 Å². The Morgan fingerprint density at radius 3 is 2.55 bits per heavy atom. The molecule has 3 heterocycles. The van der Waals surface area contributed by atoms with Crippen LogP contribution in [0.1, 0.15) is 41.6 Å². The minimum absolute atomic E-state index is 0. The van der Waals surface area contributed by atoms with Crippen molar-refractivity contribution in [3.05, 3.63) is 27.6 Å². The van der Waals surface area contributed by atoms with Crippen molar-refractivity contribution >= 4 is 41.8 Å². The molecule has 1 saturated heterocycles. The highest BCUT2D eigenvalue weighted by Crippen LogP contribution is 2.33. The van der Waals surface area contributed by atoms with Gasteiger partial charge in [0.25, 0.3) is 11.5 Å². The van der Waals surface area contributed by atoms with E-state index < -0.39 is 17.3 Å². The van der Waals surface area contributed by atoms with E-state index in [0.29, 0.717) is 44.3 Å². The summed E-state index contributed by atoms with van der Waals surface area (Å²) in [5.74, 6) is -1.01.